The minimum absolute atomic E-state index is 0. The van der Waals surface area contributed by atoms with Gasteiger partial charge >= 0.3 is 0 Å². The van der Waals surface area contributed by atoms with E-state index in [1.165, 1.54) is 0 Å². The van der Waals surface area contributed by atoms with Crippen LogP contribution in [0.4, 0.5) is 0 Å². The number of nitrogens with zero attached hydrogens (tertiary/aromatic N) is 2. The third-order valence-corrected chi connectivity index (χ3v) is 2.66. The number of nitrogens with one attached hydrogen (secondary N) is 2. The van der Waals surface area contributed by atoms with Crippen molar-refractivity contribution in [2.45, 2.75) is 26.4 Å². The van der Waals surface area contributed by atoms with Crippen molar-refractivity contribution in [3.63, 3.8) is 0 Å². The fraction of sp³-hybridized carbons (Fsp3) is 0.333. The number of guanidine groups is 1. The van der Waals surface area contributed by atoms with Crippen LogP contribution >= 0.6 is 24.0 Å². The van der Waals surface area contributed by atoms with Crippen molar-refractivity contribution in [2.75, 3.05) is 7.05 Å². The highest BCUT2D eigenvalue weighted by Crippen LogP contribution is 2.17. The molecule has 21 heavy (non-hydrogen) atoms. The summed E-state index contributed by atoms with van der Waals surface area (Å²) >= 11 is 0. The van der Waals surface area contributed by atoms with Gasteiger partial charge < -0.3 is 15.1 Å². The minimum atomic E-state index is 0. The fourth-order valence-electron chi connectivity index (χ4n) is 1.74. The predicted octanol–water partition coefficient (Wildman–Crippen LogP) is 3.03. The van der Waals surface area contributed by atoms with Crippen molar-refractivity contribution in [1.82, 2.24) is 15.6 Å². The first kappa shape index (κ1) is 17.5. The number of hydrogen-bond donors (Lipinski definition) is 2. The number of hydrogen-bond acceptors (Lipinski definition) is 3. The molecular formula is C15H21IN4O. The first-order valence-corrected chi connectivity index (χ1v) is 6.66. The molecule has 0 fully saturated rings. The number of aromatic nitrogens is 1. The summed E-state index contributed by atoms with van der Waals surface area (Å²) in [5, 5.41) is 6.42. The van der Waals surface area contributed by atoms with E-state index in [2.05, 4.69) is 34.5 Å². The highest BCUT2D eigenvalue weighted by Gasteiger charge is 2.07. The number of halogens is 1. The molecule has 2 aromatic rings. The molecule has 1 heterocycles. The van der Waals surface area contributed by atoms with Gasteiger partial charge in [-0.3, -0.25) is 4.99 Å². The Morgan fingerprint density at radius 1 is 1.29 bits per heavy atom. The lowest BCUT2D eigenvalue weighted by molar-refractivity contribution is 0.572. The van der Waals surface area contributed by atoms with Crippen LogP contribution in [0.1, 0.15) is 19.5 Å². The van der Waals surface area contributed by atoms with Crippen LogP contribution in [0.25, 0.3) is 11.5 Å². The van der Waals surface area contributed by atoms with E-state index in [4.69, 9.17) is 4.42 Å². The van der Waals surface area contributed by atoms with E-state index in [9.17, 15) is 0 Å². The van der Waals surface area contributed by atoms with Crippen LogP contribution in [0.15, 0.2) is 46.0 Å². The summed E-state index contributed by atoms with van der Waals surface area (Å²) in [7, 11) is 1.75. The van der Waals surface area contributed by atoms with Gasteiger partial charge in [-0.1, -0.05) is 18.2 Å². The Labute approximate surface area is 142 Å². The molecule has 1 aromatic heterocycles. The lowest BCUT2D eigenvalue weighted by Crippen LogP contribution is -2.40. The largest absolute Gasteiger partial charge is 0.444 e. The first-order valence-electron chi connectivity index (χ1n) is 6.66. The molecule has 0 aliphatic carbocycles. The van der Waals surface area contributed by atoms with Crippen molar-refractivity contribution in [1.29, 1.82) is 0 Å². The highest BCUT2D eigenvalue weighted by atomic mass is 127. The molecule has 0 saturated heterocycles. The van der Waals surface area contributed by atoms with E-state index < -0.39 is 0 Å². The molecule has 0 spiro atoms. The van der Waals surface area contributed by atoms with Crippen LogP contribution in [0.3, 0.4) is 0 Å². The Morgan fingerprint density at radius 2 is 2.00 bits per heavy atom. The molecule has 1 aromatic carbocycles. The zero-order valence-electron chi connectivity index (χ0n) is 12.5. The predicted molar refractivity (Wildman–Crippen MR) is 95.8 cm³/mol. The molecule has 0 unspecified atom stereocenters. The van der Waals surface area contributed by atoms with E-state index in [1.54, 1.807) is 13.3 Å². The average molecular weight is 400 g/mol. The minimum Gasteiger partial charge on any atom is -0.444 e. The van der Waals surface area contributed by atoms with Gasteiger partial charge in [0.25, 0.3) is 0 Å². The van der Waals surface area contributed by atoms with Crippen molar-refractivity contribution in [3.8, 4) is 11.5 Å². The Balaban J connectivity index is 0.00000220. The zero-order chi connectivity index (χ0) is 14.4. The van der Waals surface area contributed by atoms with Crippen molar-refractivity contribution in [2.24, 2.45) is 4.99 Å². The summed E-state index contributed by atoms with van der Waals surface area (Å²) < 4.78 is 5.49. The van der Waals surface area contributed by atoms with E-state index >= 15 is 0 Å². The lowest BCUT2D eigenvalue weighted by atomic mass is 10.2. The summed E-state index contributed by atoms with van der Waals surface area (Å²) in [6.07, 6.45) is 1.66. The molecule has 5 nitrogen and oxygen atoms in total. The SMILES string of the molecule is CN=C(NCc1coc(-c2ccccc2)n1)NC(C)C.I. The summed E-state index contributed by atoms with van der Waals surface area (Å²) in [6, 6.07) is 10.2. The average Bonchev–Trinajstić information content (AvgIpc) is 2.93. The summed E-state index contributed by atoms with van der Waals surface area (Å²) in [6.45, 7) is 4.70. The molecule has 0 saturated carbocycles. The Kier molecular flexibility index (Phi) is 7.21. The summed E-state index contributed by atoms with van der Waals surface area (Å²) in [4.78, 5) is 8.60. The van der Waals surface area contributed by atoms with Crippen LogP contribution < -0.4 is 10.6 Å². The van der Waals surface area contributed by atoms with Gasteiger partial charge in [0, 0.05) is 18.7 Å². The fourth-order valence-corrected chi connectivity index (χ4v) is 1.74. The van der Waals surface area contributed by atoms with Gasteiger partial charge in [-0.05, 0) is 26.0 Å². The van der Waals surface area contributed by atoms with E-state index in [0.29, 0.717) is 18.5 Å². The van der Waals surface area contributed by atoms with Crippen LogP contribution in [-0.2, 0) is 6.54 Å². The van der Waals surface area contributed by atoms with Gasteiger partial charge in [0.2, 0.25) is 5.89 Å². The second-order valence-electron chi connectivity index (χ2n) is 4.73. The normalized spacial score (nSPS) is 11.1. The Hall–Kier alpha value is -1.57. The monoisotopic (exact) mass is 400 g/mol. The highest BCUT2D eigenvalue weighted by molar-refractivity contribution is 14.0. The van der Waals surface area contributed by atoms with Crippen molar-refractivity contribution >= 4 is 29.9 Å². The summed E-state index contributed by atoms with van der Waals surface area (Å²) in [5.41, 5.74) is 1.82. The Bertz CT molecular complexity index is 566. The van der Waals surface area contributed by atoms with Gasteiger partial charge in [0.05, 0.1) is 12.2 Å². The molecule has 0 aliphatic rings. The van der Waals surface area contributed by atoms with Gasteiger partial charge in [0.1, 0.15) is 6.26 Å². The van der Waals surface area contributed by atoms with Crippen molar-refractivity contribution < 1.29 is 4.42 Å². The Morgan fingerprint density at radius 3 is 2.62 bits per heavy atom. The van der Waals surface area contributed by atoms with Crippen LogP contribution in [0.5, 0.6) is 0 Å². The molecule has 2 rings (SSSR count). The summed E-state index contributed by atoms with van der Waals surface area (Å²) in [5.74, 6) is 1.39. The quantitative estimate of drug-likeness (QED) is 0.471. The van der Waals surface area contributed by atoms with Crippen LogP contribution in [-0.4, -0.2) is 24.0 Å². The maximum Gasteiger partial charge on any atom is 0.226 e. The lowest BCUT2D eigenvalue weighted by Gasteiger charge is -2.13. The topological polar surface area (TPSA) is 62.5 Å². The number of oxazole rings is 1. The molecule has 0 radical (unpaired) electrons. The maximum absolute atomic E-state index is 5.49. The molecule has 6 heteroatoms. The number of rotatable bonds is 4. The molecular weight excluding hydrogens is 379 g/mol. The number of aliphatic imine (C=N–C) groups is 1. The van der Waals surface area contributed by atoms with Crippen LogP contribution in [0, 0.1) is 0 Å². The molecule has 0 atom stereocenters. The zero-order valence-corrected chi connectivity index (χ0v) is 14.8. The molecule has 0 bridgehead atoms. The maximum atomic E-state index is 5.49. The smallest absolute Gasteiger partial charge is 0.226 e. The van der Waals surface area contributed by atoms with Gasteiger partial charge in [-0.2, -0.15) is 0 Å². The van der Waals surface area contributed by atoms with Gasteiger partial charge in [-0.25, -0.2) is 4.98 Å². The van der Waals surface area contributed by atoms with Gasteiger partial charge in [-0.15, -0.1) is 24.0 Å². The third-order valence-electron chi connectivity index (χ3n) is 2.66. The first-order chi connectivity index (χ1) is 9.69. The van der Waals surface area contributed by atoms with Crippen molar-refractivity contribution in [3.05, 3.63) is 42.3 Å². The molecule has 114 valence electrons. The van der Waals surface area contributed by atoms with E-state index in [1.807, 2.05) is 30.3 Å². The molecule has 0 amide bonds. The third kappa shape index (κ3) is 5.37. The standard InChI is InChI=1S/C15H20N4O.HI/c1-11(2)18-15(16-3)17-9-13-10-20-14(19-13)12-7-5-4-6-8-12;/h4-8,10-11H,9H2,1-3H3,(H2,16,17,18);1H. The molecule has 2 N–H and O–H groups in total. The molecule has 0 aliphatic heterocycles. The van der Waals surface area contributed by atoms with Crippen LogP contribution in [0.2, 0.25) is 0 Å². The number of benzene rings is 1. The second kappa shape index (κ2) is 8.66. The second-order valence-corrected chi connectivity index (χ2v) is 4.73. The van der Waals surface area contributed by atoms with E-state index in [0.717, 1.165) is 17.2 Å². The van der Waals surface area contributed by atoms with Gasteiger partial charge in [0.15, 0.2) is 5.96 Å². The van der Waals surface area contributed by atoms with E-state index in [-0.39, 0.29) is 24.0 Å².